The van der Waals surface area contributed by atoms with E-state index in [9.17, 15) is 14.4 Å². The minimum Gasteiger partial charge on any atom is -0.452 e. The minimum absolute atomic E-state index is 0.130. The third kappa shape index (κ3) is 5.44. The molecule has 6 heteroatoms. The van der Waals surface area contributed by atoms with E-state index in [0.717, 1.165) is 11.1 Å². The number of carbonyl (C=O) groups is 3. The Kier molecular flexibility index (Phi) is 6.49. The zero-order valence-corrected chi connectivity index (χ0v) is 15.1. The van der Waals surface area contributed by atoms with Crippen molar-refractivity contribution in [3.05, 3.63) is 65.2 Å². The summed E-state index contributed by atoms with van der Waals surface area (Å²) in [6, 6.07) is 14.2. The van der Waals surface area contributed by atoms with Crippen molar-refractivity contribution >= 4 is 23.5 Å². The maximum atomic E-state index is 12.1. The number of hydrogen-bond donors (Lipinski definition) is 1. The highest BCUT2D eigenvalue weighted by molar-refractivity contribution is 5.96. The number of nitrogens with one attached hydrogen (secondary N) is 1. The van der Waals surface area contributed by atoms with Gasteiger partial charge >= 0.3 is 5.97 Å². The molecule has 0 saturated carbocycles. The summed E-state index contributed by atoms with van der Waals surface area (Å²) in [5.41, 5.74) is 3.06. The number of nitrogens with zero attached hydrogens (tertiary/aromatic N) is 1. The number of likely N-dealkylation sites (N-methyl/N-ethyl adjacent to an activating group) is 1. The number of esters is 1. The molecule has 0 atom stereocenters. The molecule has 0 aromatic heterocycles. The molecule has 2 aromatic rings. The molecular weight excluding hydrogens is 332 g/mol. The lowest BCUT2D eigenvalue weighted by Crippen LogP contribution is -2.37. The molecule has 136 valence electrons. The molecule has 0 bridgehead atoms. The standard InChI is InChI=1S/C20H22N2O4/c1-14-9-10-15(2)17(11-14)21-18(23)12-22(3)19(24)13-26-20(25)16-7-5-4-6-8-16/h4-11H,12-13H2,1-3H3,(H,21,23). The van der Waals surface area contributed by atoms with Crippen LogP contribution in [0.3, 0.4) is 0 Å². The molecule has 0 radical (unpaired) electrons. The molecule has 6 nitrogen and oxygen atoms in total. The Hall–Kier alpha value is -3.15. The number of amides is 2. The van der Waals surface area contributed by atoms with E-state index in [0.29, 0.717) is 11.3 Å². The first-order valence-corrected chi connectivity index (χ1v) is 8.20. The molecule has 0 aliphatic heterocycles. The van der Waals surface area contributed by atoms with E-state index in [1.165, 1.54) is 11.9 Å². The van der Waals surface area contributed by atoms with Gasteiger partial charge in [0.05, 0.1) is 12.1 Å². The van der Waals surface area contributed by atoms with Gasteiger partial charge in [-0.05, 0) is 43.2 Å². The van der Waals surface area contributed by atoms with Crippen LogP contribution in [-0.2, 0) is 14.3 Å². The molecule has 0 saturated heterocycles. The molecule has 0 aliphatic carbocycles. The number of carbonyl (C=O) groups excluding carboxylic acids is 3. The lowest BCUT2D eigenvalue weighted by molar-refractivity contribution is -0.136. The number of aryl methyl sites for hydroxylation is 2. The third-order valence-electron chi connectivity index (χ3n) is 3.81. The van der Waals surface area contributed by atoms with Crippen molar-refractivity contribution in [3.8, 4) is 0 Å². The normalized spacial score (nSPS) is 10.1. The van der Waals surface area contributed by atoms with Crippen LogP contribution in [0.2, 0.25) is 0 Å². The lowest BCUT2D eigenvalue weighted by Gasteiger charge is -2.17. The molecule has 0 fully saturated rings. The van der Waals surface area contributed by atoms with Crippen LogP contribution in [0.15, 0.2) is 48.5 Å². The summed E-state index contributed by atoms with van der Waals surface area (Å²) in [7, 11) is 1.49. The van der Waals surface area contributed by atoms with Crippen molar-refractivity contribution in [3.63, 3.8) is 0 Å². The lowest BCUT2D eigenvalue weighted by atomic mass is 10.1. The highest BCUT2D eigenvalue weighted by Crippen LogP contribution is 2.16. The summed E-state index contributed by atoms with van der Waals surface area (Å²) in [5.74, 6) is -1.35. The second-order valence-corrected chi connectivity index (χ2v) is 6.06. The molecule has 0 unspecified atom stereocenters. The average Bonchev–Trinajstić information content (AvgIpc) is 2.63. The Morgan fingerprint density at radius 1 is 1.04 bits per heavy atom. The predicted molar refractivity (Wildman–Crippen MR) is 98.9 cm³/mol. The van der Waals surface area contributed by atoms with Gasteiger partial charge in [-0.1, -0.05) is 30.3 Å². The molecular formula is C20H22N2O4. The van der Waals surface area contributed by atoms with E-state index in [4.69, 9.17) is 4.74 Å². The van der Waals surface area contributed by atoms with Crippen LogP contribution in [0.25, 0.3) is 0 Å². The van der Waals surface area contributed by atoms with E-state index >= 15 is 0 Å². The van der Waals surface area contributed by atoms with Gasteiger partial charge in [0.15, 0.2) is 6.61 Å². The molecule has 0 heterocycles. The van der Waals surface area contributed by atoms with Crippen LogP contribution >= 0.6 is 0 Å². The van der Waals surface area contributed by atoms with Gasteiger partial charge in [0, 0.05) is 12.7 Å². The first-order chi connectivity index (χ1) is 12.4. The maximum Gasteiger partial charge on any atom is 0.338 e. The van der Waals surface area contributed by atoms with E-state index < -0.39 is 18.5 Å². The Morgan fingerprint density at radius 3 is 2.42 bits per heavy atom. The van der Waals surface area contributed by atoms with Crippen molar-refractivity contribution in [2.45, 2.75) is 13.8 Å². The highest BCUT2D eigenvalue weighted by atomic mass is 16.5. The van der Waals surface area contributed by atoms with Crippen LogP contribution in [-0.4, -0.2) is 42.9 Å². The van der Waals surface area contributed by atoms with Crippen LogP contribution in [0.5, 0.6) is 0 Å². The number of ether oxygens (including phenoxy) is 1. The third-order valence-corrected chi connectivity index (χ3v) is 3.81. The molecule has 26 heavy (non-hydrogen) atoms. The van der Waals surface area contributed by atoms with Crippen molar-refractivity contribution in [2.24, 2.45) is 0 Å². The molecule has 2 amide bonds. The summed E-state index contributed by atoms with van der Waals surface area (Å²) in [4.78, 5) is 37.2. The quantitative estimate of drug-likeness (QED) is 0.809. The second-order valence-electron chi connectivity index (χ2n) is 6.06. The van der Waals surface area contributed by atoms with Gasteiger partial charge < -0.3 is 15.0 Å². The Morgan fingerprint density at radius 2 is 1.73 bits per heavy atom. The van der Waals surface area contributed by atoms with Gasteiger partial charge in [0.1, 0.15) is 0 Å². The topological polar surface area (TPSA) is 75.7 Å². The minimum atomic E-state index is -0.577. The molecule has 1 N–H and O–H groups in total. The van der Waals surface area contributed by atoms with Crippen molar-refractivity contribution in [2.75, 3.05) is 25.5 Å². The zero-order chi connectivity index (χ0) is 19.1. The van der Waals surface area contributed by atoms with E-state index in [2.05, 4.69) is 5.32 Å². The monoisotopic (exact) mass is 354 g/mol. The molecule has 0 spiro atoms. The van der Waals surface area contributed by atoms with Gasteiger partial charge in [-0.2, -0.15) is 0 Å². The first-order valence-electron chi connectivity index (χ1n) is 8.20. The molecule has 2 aromatic carbocycles. The highest BCUT2D eigenvalue weighted by Gasteiger charge is 2.16. The van der Waals surface area contributed by atoms with Gasteiger partial charge in [0.25, 0.3) is 5.91 Å². The fraction of sp³-hybridized carbons (Fsp3) is 0.250. The van der Waals surface area contributed by atoms with Crippen LogP contribution < -0.4 is 5.32 Å². The smallest absolute Gasteiger partial charge is 0.338 e. The van der Waals surface area contributed by atoms with E-state index in [-0.39, 0.29) is 12.5 Å². The van der Waals surface area contributed by atoms with Crippen LogP contribution in [0, 0.1) is 13.8 Å². The first kappa shape index (κ1) is 19.2. The Bertz CT molecular complexity index is 803. The molecule has 2 rings (SSSR count). The van der Waals surface area contributed by atoms with Gasteiger partial charge in [0.2, 0.25) is 5.91 Å². The largest absolute Gasteiger partial charge is 0.452 e. The van der Waals surface area contributed by atoms with Crippen LogP contribution in [0.4, 0.5) is 5.69 Å². The van der Waals surface area contributed by atoms with E-state index in [1.807, 2.05) is 32.0 Å². The number of anilines is 1. The van der Waals surface area contributed by atoms with Crippen molar-refractivity contribution in [1.82, 2.24) is 4.90 Å². The summed E-state index contributed by atoms with van der Waals surface area (Å²) >= 11 is 0. The van der Waals surface area contributed by atoms with Gasteiger partial charge in [-0.3, -0.25) is 9.59 Å². The Balaban J connectivity index is 1.83. The fourth-order valence-corrected chi connectivity index (χ4v) is 2.26. The fourth-order valence-electron chi connectivity index (χ4n) is 2.26. The molecule has 0 aliphatic rings. The SMILES string of the molecule is Cc1ccc(C)c(NC(=O)CN(C)C(=O)COC(=O)c2ccccc2)c1. The number of rotatable bonds is 6. The van der Waals surface area contributed by atoms with Gasteiger partial charge in [-0.25, -0.2) is 4.79 Å². The average molecular weight is 354 g/mol. The van der Waals surface area contributed by atoms with Crippen molar-refractivity contribution < 1.29 is 19.1 Å². The maximum absolute atomic E-state index is 12.1. The summed E-state index contributed by atoms with van der Waals surface area (Å²) in [6.45, 7) is 3.29. The number of benzene rings is 2. The summed E-state index contributed by atoms with van der Waals surface area (Å²) in [5, 5.41) is 2.79. The Labute approximate surface area is 152 Å². The second kappa shape index (κ2) is 8.80. The summed E-state index contributed by atoms with van der Waals surface area (Å²) in [6.07, 6.45) is 0. The predicted octanol–water partition coefficient (Wildman–Crippen LogP) is 2.56. The van der Waals surface area contributed by atoms with Gasteiger partial charge in [-0.15, -0.1) is 0 Å². The van der Waals surface area contributed by atoms with Crippen molar-refractivity contribution in [1.29, 1.82) is 0 Å². The van der Waals surface area contributed by atoms with Crippen LogP contribution in [0.1, 0.15) is 21.5 Å². The zero-order valence-electron chi connectivity index (χ0n) is 15.1. The van der Waals surface area contributed by atoms with E-state index in [1.54, 1.807) is 30.3 Å². The number of hydrogen-bond acceptors (Lipinski definition) is 4. The summed E-state index contributed by atoms with van der Waals surface area (Å²) < 4.78 is 4.98.